The molecule has 0 saturated carbocycles. The molecule has 8 heteroatoms. The van der Waals surface area contributed by atoms with E-state index in [1.54, 1.807) is 36.3 Å². The molecule has 0 bridgehead atoms. The maximum atomic E-state index is 12.9. The molecule has 7 nitrogen and oxygen atoms in total. The summed E-state index contributed by atoms with van der Waals surface area (Å²) in [6, 6.07) is 21.4. The van der Waals surface area contributed by atoms with E-state index in [-0.39, 0.29) is 11.5 Å². The summed E-state index contributed by atoms with van der Waals surface area (Å²) in [6.45, 7) is 2.77. The molecule has 1 saturated heterocycles. The summed E-state index contributed by atoms with van der Waals surface area (Å²) in [5, 5.41) is 9.62. The van der Waals surface area contributed by atoms with Gasteiger partial charge < -0.3 is 14.6 Å². The molecule has 1 heterocycles. The van der Waals surface area contributed by atoms with Crippen molar-refractivity contribution in [2.45, 2.75) is 13.5 Å². The van der Waals surface area contributed by atoms with Crippen LogP contribution in [0.2, 0.25) is 0 Å². The van der Waals surface area contributed by atoms with Gasteiger partial charge in [-0.2, -0.15) is 0 Å². The summed E-state index contributed by atoms with van der Waals surface area (Å²) in [7, 11) is 1.61. The van der Waals surface area contributed by atoms with Gasteiger partial charge in [-0.1, -0.05) is 24.3 Å². The van der Waals surface area contributed by atoms with Gasteiger partial charge in [-0.25, -0.2) is 9.79 Å². The van der Waals surface area contributed by atoms with Crippen LogP contribution >= 0.6 is 11.8 Å². The van der Waals surface area contributed by atoms with Gasteiger partial charge in [-0.05, 0) is 84.4 Å². The average molecular weight is 489 g/mol. The Labute approximate surface area is 207 Å². The molecule has 1 aliphatic heterocycles. The maximum absolute atomic E-state index is 12.9. The molecule has 1 amide bonds. The predicted octanol–water partition coefficient (Wildman–Crippen LogP) is 5.60. The quantitative estimate of drug-likeness (QED) is 0.416. The van der Waals surface area contributed by atoms with Gasteiger partial charge in [0, 0.05) is 6.54 Å². The number of hydrogen-bond acceptors (Lipinski definition) is 6. The Kier molecular flexibility index (Phi) is 7.52. The van der Waals surface area contributed by atoms with Crippen molar-refractivity contribution in [1.82, 2.24) is 4.90 Å². The molecule has 0 atom stereocenters. The first kappa shape index (κ1) is 24.1. The number of carbonyl (C=O) groups is 2. The normalized spacial score (nSPS) is 15.6. The number of aliphatic imine (C=N–C) groups is 1. The number of amides is 1. The van der Waals surface area contributed by atoms with Crippen LogP contribution < -0.4 is 9.47 Å². The molecule has 3 aromatic rings. The molecule has 0 aliphatic carbocycles. The number of amidine groups is 1. The van der Waals surface area contributed by atoms with Gasteiger partial charge in [0.1, 0.15) is 18.1 Å². The standard InChI is InChI=1S/C27H24N2O5S/c1-3-29-25(30)24(35-27(29)28-21-10-14-22(33-2)15-11-21)16-18-6-12-23(13-7-18)34-17-19-4-8-20(9-5-19)26(31)32/h4-16H,3,17H2,1-2H3,(H,31,32)/b24-16+,28-27?. The lowest BCUT2D eigenvalue weighted by Crippen LogP contribution is -2.28. The maximum Gasteiger partial charge on any atom is 0.335 e. The van der Waals surface area contributed by atoms with Gasteiger partial charge in [0.05, 0.1) is 23.3 Å². The van der Waals surface area contributed by atoms with Gasteiger partial charge in [-0.15, -0.1) is 0 Å². The van der Waals surface area contributed by atoms with Crippen molar-refractivity contribution in [2.75, 3.05) is 13.7 Å². The Morgan fingerprint density at radius 2 is 1.66 bits per heavy atom. The lowest BCUT2D eigenvalue weighted by molar-refractivity contribution is -0.122. The second-order valence-electron chi connectivity index (χ2n) is 7.61. The summed E-state index contributed by atoms with van der Waals surface area (Å²) in [5.41, 5.74) is 2.74. The Bertz CT molecular complexity index is 1270. The van der Waals surface area contributed by atoms with Crippen LogP contribution in [-0.4, -0.2) is 40.7 Å². The Morgan fingerprint density at radius 1 is 1.00 bits per heavy atom. The number of aromatic carboxylic acids is 1. The number of methoxy groups -OCH3 is 1. The Hall–Kier alpha value is -4.04. The van der Waals surface area contributed by atoms with Crippen molar-refractivity contribution in [3.8, 4) is 11.5 Å². The van der Waals surface area contributed by atoms with Gasteiger partial charge >= 0.3 is 5.97 Å². The minimum atomic E-state index is -0.956. The van der Waals surface area contributed by atoms with Crippen LogP contribution in [0, 0.1) is 0 Å². The fourth-order valence-electron chi connectivity index (χ4n) is 3.36. The van der Waals surface area contributed by atoms with Crippen LogP contribution in [0.5, 0.6) is 11.5 Å². The molecule has 3 aromatic carbocycles. The van der Waals surface area contributed by atoms with Crippen LogP contribution in [0.1, 0.15) is 28.4 Å². The van der Waals surface area contributed by atoms with Gasteiger partial charge in [0.25, 0.3) is 5.91 Å². The molecule has 0 unspecified atom stereocenters. The lowest BCUT2D eigenvalue weighted by Gasteiger charge is -2.12. The highest BCUT2D eigenvalue weighted by Gasteiger charge is 2.32. The Morgan fingerprint density at radius 3 is 2.26 bits per heavy atom. The Balaban J connectivity index is 1.43. The van der Waals surface area contributed by atoms with Gasteiger partial charge in [-0.3, -0.25) is 9.69 Å². The summed E-state index contributed by atoms with van der Waals surface area (Å²) >= 11 is 1.35. The number of ether oxygens (including phenoxy) is 2. The molecule has 178 valence electrons. The fraction of sp³-hybridized carbons (Fsp3) is 0.148. The number of rotatable bonds is 8. The smallest absolute Gasteiger partial charge is 0.335 e. The third-order valence-electron chi connectivity index (χ3n) is 5.29. The van der Waals surface area contributed by atoms with E-state index in [9.17, 15) is 9.59 Å². The van der Waals surface area contributed by atoms with E-state index in [1.807, 2.05) is 61.5 Å². The SMILES string of the molecule is CCN1C(=O)/C(=C\c2ccc(OCc3ccc(C(=O)O)cc3)cc2)SC1=Nc1ccc(OC)cc1. The first-order valence-corrected chi connectivity index (χ1v) is 11.8. The minimum Gasteiger partial charge on any atom is -0.497 e. The molecule has 1 N–H and O–H groups in total. The van der Waals surface area contributed by atoms with Crippen molar-refractivity contribution in [3.63, 3.8) is 0 Å². The third kappa shape index (κ3) is 5.91. The molecule has 0 spiro atoms. The van der Waals surface area contributed by atoms with E-state index in [0.717, 1.165) is 22.6 Å². The molecule has 35 heavy (non-hydrogen) atoms. The number of carbonyl (C=O) groups excluding carboxylic acids is 1. The third-order valence-corrected chi connectivity index (χ3v) is 6.29. The molecule has 1 aliphatic rings. The zero-order valence-corrected chi connectivity index (χ0v) is 20.1. The summed E-state index contributed by atoms with van der Waals surface area (Å²) in [5.74, 6) is 0.398. The van der Waals surface area contributed by atoms with E-state index in [1.165, 1.54) is 11.8 Å². The molecular formula is C27H24N2O5S. The van der Waals surface area contributed by atoms with Gasteiger partial charge in [0.2, 0.25) is 0 Å². The van der Waals surface area contributed by atoms with E-state index < -0.39 is 5.97 Å². The van der Waals surface area contributed by atoms with Crippen molar-refractivity contribution < 1.29 is 24.2 Å². The summed E-state index contributed by atoms with van der Waals surface area (Å²) in [4.78, 5) is 30.8. The highest BCUT2D eigenvalue weighted by Crippen LogP contribution is 2.34. The summed E-state index contributed by atoms with van der Waals surface area (Å²) in [6.07, 6.45) is 1.85. The molecule has 0 radical (unpaired) electrons. The molecular weight excluding hydrogens is 464 g/mol. The zero-order valence-electron chi connectivity index (χ0n) is 19.3. The van der Waals surface area contributed by atoms with Crippen molar-refractivity contribution in [2.24, 2.45) is 4.99 Å². The molecule has 1 fully saturated rings. The number of likely N-dealkylation sites (N-methyl/N-ethyl adjacent to an activating group) is 1. The van der Waals surface area contributed by atoms with Crippen LogP contribution in [0.4, 0.5) is 5.69 Å². The van der Waals surface area contributed by atoms with Gasteiger partial charge in [0.15, 0.2) is 5.17 Å². The monoisotopic (exact) mass is 488 g/mol. The highest BCUT2D eigenvalue weighted by molar-refractivity contribution is 8.18. The molecule has 4 rings (SSSR count). The fourth-order valence-corrected chi connectivity index (χ4v) is 4.42. The topological polar surface area (TPSA) is 88.4 Å². The summed E-state index contributed by atoms with van der Waals surface area (Å²) < 4.78 is 11.0. The van der Waals surface area contributed by atoms with E-state index in [2.05, 4.69) is 4.99 Å². The van der Waals surface area contributed by atoms with Crippen molar-refractivity contribution in [1.29, 1.82) is 0 Å². The zero-order chi connectivity index (χ0) is 24.8. The highest BCUT2D eigenvalue weighted by atomic mass is 32.2. The van der Waals surface area contributed by atoms with Crippen LogP contribution in [-0.2, 0) is 11.4 Å². The number of nitrogens with zero attached hydrogens (tertiary/aromatic N) is 2. The van der Waals surface area contributed by atoms with E-state index in [0.29, 0.717) is 29.0 Å². The van der Waals surface area contributed by atoms with Crippen molar-refractivity contribution >= 4 is 40.6 Å². The first-order valence-electron chi connectivity index (χ1n) is 11.0. The second kappa shape index (κ2) is 10.9. The number of thioether (sulfide) groups is 1. The first-order chi connectivity index (χ1) is 17.0. The lowest BCUT2D eigenvalue weighted by atomic mass is 10.1. The number of hydrogen-bond donors (Lipinski definition) is 1. The second-order valence-corrected chi connectivity index (χ2v) is 8.62. The van der Waals surface area contributed by atoms with E-state index in [4.69, 9.17) is 14.6 Å². The number of benzene rings is 3. The average Bonchev–Trinajstić information content (AvgIpc) is 3.17. The van der Waals surface area contributed by atoms with Crippen molar-refractivity contribution in [3.05, 3.63) is 94.4 Å². The minimum absolute atomic E-state index is 0.0742. The van der Waals surface area contributed by atoms with E-state index >= 15 is 0 Å². The van der Waals surface area contributed by atoms with Crippen LogP contribution in [0.15, 0.2) is 82.7 Å². The van der Waals surface area contributed by atoms with Crippen LogP contribution in [0.25, 0.3) is 6.08 Å². The predicted molar refractivity (Wildman–Crippen MR) is 137 cm³/mol. The number of carboxylic acid groups (broad SMARTS) is 1. The van der Waals surface area contributed by atoms with Crippen LogP contribution in [0.3, 0.4) is 0 Å². The largest absolute Gasteiger partial charge is 0.497 e. The molecule has 0 aromatic heterocycles. The number of carboxylic acids is 1.